The summed E-state index contributed by atoms with van der Waals surface area (Å²) in [6.45, 7) is 6.16. The van der Waals surface area contributed by atoms with Crippen LogP contribution in [0.1, 0.15) is 17.8 Å². The van der Waals surface area contributed by atoms with Gasteiger partial charge in [0, 0.05) is 71.7 Å². The largest absolute Gasteiger partial charge is 0.383 e. The number of nitrogens with one attached hydrogen (secondary N) is 1. The molecule has 0 saturated carbocycles. The molecule has 1 aliphatic rings. The van der Waals surface area contributed by atoms with Crippen molar-refractivity contribution in [2.45, 2.75) is 25.9 Å². The highest BCUT2D eigenvalue weighted by Gasteiger charge is 2.19. The first-order chi connectivity index (χ1) is 13.8. The molecule has 1 saturated heterocycles. The molecule has 1 aliphatic heterocycles. The lowest BCUT2D eigenvalue weighted by atomic mass is 10.2. The molecule has 1 N–H and O–H groups in total. The van der Waals surface area contributed by atoms with E-state index in [9.17, 15) is 4.79 Å². The van der Waals surface area contributed by atoms with Gasteiger partial charge in [-0.05, 0) is 24.1 Å². The number of urea groups is 1. The number of carbonyl (C=O) groups is 1. The van der Waals surface area contributed by atoms with Crippen LogP contribution in [0, 0.1) is 0 Å². The Balaban J connectivity index is 1.41. The van der Waals surface area contributed by atoms with Crippen LogP contribution < -0.4 is 5.32 Å². The van der Waals surface area contributed by atoms with Crippen molar-refractivity contribution in [2.24, 2.45) is 0 Å². The lowest BCUT2D eigenvalue weighted by Crippen LogP contribution is -2.42. The van der Waals surface area contributed by atoms with Crippen LogP contribution in [-0.4, -0.2) is 82.0 Å². The quantitative estimate of drug-likeness (QED) is 0.720. The Morgan fingerprint density at radius 2 is 2.07 bits per heavy atom. The van der Waals surface area contributed by atoms with Crippen LogP contribution in [0.15, 0.2) is 30.9 Å². The SMILES string of the molecule is COCCn1cnnc1CCNC(=O)N1CCCN(Cc2ccncc2)CC1. The minimum atomic E-state index is -0.00582. The number of pyridine rings is 1. The summed E-state index contributed by atoms with van der Waals surface area (Å²) >= 11 is 0. The third kappa shape index (κ3) is 6.00. The summed E-state index contributed by atoms with van der Waals surface area (Å²) in [5.74, 6) is 0.858. The monoisotopic (exact) mass is 387 g/mol. The molecule has 0 aromatic carbocycles. The van der Waals surface area contributed by atoms with Gasteiger partial charge >= 0.3 is 6.03 Å². The molecule has 28 heavy (non-hydrogen) atoms. The molecular weight excluding hydrogens is 358 g/mol. The number of hydrogen-bond donors (Lipinski definition) is 1. The first kappa shape index (κ1) is 20.2. The van der Waals surface area contributed by atoms with Crippen LogP contribution in [0.25, 0.3) is 0 Å². The average molecular weight is 387 g/mol. The molecule has 0 unspecified atom stereocenters. The molecule has 0 atom stereocenters. The number of amides is 2. The number of carbonyl (C=O) groups excluding carboxylic acids is 1. The third-order valence-corrected chi connectivity index (χ3v) is 4.89. The summed E-state index contributed by atoms with van der Waals surface area (Å²) in [7, 11) is 1.67. The van der Waals surface area contributed by atoms with E-state index in [1.165, 1.54) is 5.56 Å². The molecule has 0 spiro atoms. The Labute approximate surface area is 165 Å². The van der Waals surface area contributed by atoms with Crippen LogP contribution in [0.3, 0.4) is 0 Å². The van der Waals surface area contributed by atoms with Gasteiger partial charge < -0.3 is 19.5 Å². The topological polar surface area (TPSA) is 88.4 Å². The fraction of sp³-hybridized carbons (Fsp3) is 0.579. The zero-order valence-corrected chi connectivity index (χ0v) is 16.5. The number of aromatic nitrogens is 4. The van der Waals surface area contributed by atoms with Gasteiger partial charge in [-0.1, -0.05) is 0 Å². The van der Waals surface area contributed by atoms with Crippen LogP contribution in [0.2, 0.25) is 0 Å². The van der Waals surface area contributed by atoms with Gasteiger partial charge in [-0.3, -0.25) is 9.88 Å². The Bertz CT molecular complexity index is 722. The summed E-state index contributed by atoms with van der Waals surface area (Å²) < 4.78 is 7.05. The smallest absolute Gasteiger partial charge is 0.317 e. The Morgan fingerprint density at radius 3 is 2.89 bits per heavy atom. The van der Waals surface area contributed by atoms with E-state index in [4.69, 9.17) is 4.74 Å². The van der Waals surface area contributed by atoms with E-state index < -0.39 is 0 Å². The van der Waals surface area contributed by atoms with Gasteiger partial charge in [0.2, 0.25) is 0 Å². The summed E-state index contributed by atoms with van der Waals surface area (Å²) in [5.41, 5.74) is 1.26. The standard InChI is InChI=1S/C19H29N7O2/c1-28-14-13-26-16-22-23-18(26)5-8-21-19(27)25-10-2-9-24(11-12-25)15-17-3-6-20-7-4-17/h3-4,6-7,16H,2,5,8-15H2,1H3,(H,21,27). The molecule has 2 amide bonds. The number of ether oxygens (including phenoxy) is 1. The highest BCUT2D eigenvalue weighted by Crippen LogP contribution is 2.08. The normalized spacial score (nSPS) is 15.4. The summed E-state index contributed by atoms with van der Waals surface area (Å²) in [4.78, 5) is 20.9. The van der Waals surface area contributed by atoms with Gasteiger partial charge in [0.1, 0.15) is 12.2 Å². The Hall–Kier alpha value is -2.52. The van der Waals surface area contributed by atoms with E-state index in [1.54, 1.807) is 13.4 Å². The van der Waals surface area contributed by atoms with Crippen LogP contribution in [-0.2, 0) is 24.2 Å². The second-order valence-electron chi connectivity index (χ2n) is 6.89. The lowest BCUT2D eigenvalue weighted by Gasteiger charge is -2.22. The molecule has 0 aliphatic carbocycles. The van der Waals surface area contributed by atoms with E-state index in [1.807, 2.05) is 34.0 Å². The lowest BCUT2D eigenvalue weighted by molar-refractivity contribution is 0.186. The maximum absolute atomic E-state index is 12.5. The van der Waals surface area contributed by atoms with Gasteiger partial charge in [-0.15, -0.1) is 10.2 Å². The minimum absolute atomic E-state index is 0.00582. The predicted octanol–water partition coefficient (Wildman–Crippen LogP) is 0.780. The third-order valence-electron chi connectivity index (χ3n) is 4.89. The van der Waals surface area contributed by atoms with Crippen molar-refractivity contribution in [1.82, 2.24) is 34.9 Å². The van der Waals surface area contributed by atoms with Crippen molar-refractivity contribution in [3.63, 3.8) is 0 Å². The van der Waals surface area contributed by atoms with E-state index in [0.29, 0.717) is 26.1 Å². The van der Waals surface area contributed by atoms with Gasteiger partial charge in [0.25, 0.3) is 0 Å². The van der Waals surface area contributed by atoms with Crippen molar-refractivity contribution in [1.29, 1.82) is 0 Å². The number of methoxy groups -OCH3 is 1. The molecule has 9 nitrogen and oxygen atoms in total. The Morgan fingerprint density at radius 1 is 1.21 bits per heavy atom. The number of rotatable bonds is 8. The number of hydrogen-bond acceptors (Lipinski definition) is 6. The zero-order chi connectivity index (χ0) is 19.6. The molecule has 152 valence electrons. The summed E-state index contributed by atoms with van der Waals surface area (Å²) in [6.07, 6.45) is 6.97. The van der Waals surface area contributed by atoms with Crippen molar-refractivity contribution in [3.8, 4) is 0 Å². The highest BCUT2D eigenvalue weighted by molar-refractivity contribution is 5.74. The second-order valence-corrected chi connectivity index (χ2v) is 6.89. The van der Waals surface area contributed by atoms with Gasteiger partial charge in [0.05, 0.1) is 6.61 Å². The first-order valence-corrected chi connectivity index (χ1v) is 9.76. The molecule has 2 aromatic heterocycles. The van der Waals surface area contributed by atoms with E-state index in [2.05, 4.69) is 25.4 Å². The maximum atomic E-state index is 12.5. The van der Waals surface area contributed by atoms with E-state index >= 15 is 0 Å². The number of nitrogens with zero attached hydrogens (tertiary/aromatic N) is 6. The second kappa shape index (κ2) is 10.7. The summed E-state index contributed by atoms with van der Waals surface area (Å²) in [6, 6.07) is 4.08. The molecule has 0 radical (unpaired) electrons. The van der Waals surface area contributed by atoms with Crippen molar-refractivity contribution < 1.29 is 9.53 Å². The molecule has 9 heteroatoms. The van der Waals surface area contributed by atoms with Gasteiger partial charge in [-0.2, -0.15) is 0 Å². The highest BCUT2D eigenvalue weighted by atomic mass is 16.5. The fourth-order valence-corrected chi connectivity index (χ4v) is 3.32. The van der Waals surface area contributed by atoms with Crippen molar-refractivity contribution in [2.75, 3.05) is 46.4 Å². The fourth-order valence-electron chi connectivity index (χ4n) is 3.32. The molecule has 3 heterocycles. The summed E-state index contributed by atoms with van der Waals surface area (Å²) in [5, 5.41) is 11.1. The molecule has 2 aromatic rings. The van der Waals surface area contributed by atoms with E-state index in [-0.39, 0.29) is 6.03 Å². The van der Waals surface area contributed by atoms with Crippen molar-refractivity contribution in [3.05, 3.63) is 42.2 Å². The maximum Gasteiger partial charge on any atom is 0.317 e. The average Bonchev–Trinajstić information content (AvgIpc) is 3.03. The van der Waals surface area contributed by atoms with Crippen LogP contribution in [0.5, 0.6) is 0 Å². The van der Waals surface area contributed by atoms with E-state index in [0.717, 1.165) is 45.0 Å². The molecule has 3 rings (SSSR count). The zero-order valence-electron chi connectivity index (χ0n) is 16.5. The van der Waals surface area contributed by atoms with Crippen LogP contribution >= 0.6 is 0 Å². The van der Waals surface area contributed by atoms with Crippen LogP contribution in [0.4, 0.5) is 4.79 Å². The van der Waals surface area contributed by atoms with Gasteiger partial charge in [0.15, 0.2) is 0 Å². The predicted molar refractivity (Wildman–Crippen MR) is 105 cm³/mol. The minimum Gasteiger partial charge on any atom is -0.383 e. The molecular formula is C19H29N7O2. The molecule has 1 fully saturated rings. The van der Waals surface area contributed by atoms with Crippen molar-refractivity contribution >= 4 is 6.03 Å². The van der Waals surface area contributed by atoms with Gasteiger partial charge in [-0.25, -0.2) is 4.79 Å². The Kier molecular flexibility index (Phi) is 7.74. The molecule has 0 bridgehead atoms. The first-order valence-electron chi connectivity index (χ1n) is 9.76.